The normalized spacial score (nSPS) is 16.9. The van der Waals surface area contributed by atoms with E-state index in [1.165, 1.54) is 0 Å². The molecule has 7 aromatic rings. The molecule has 0 bridgehead atoms. The maximum atomic E-state index is 13.7. The Morgan fingerprint density at radius 2 is 1.42 bits per heavy atom. The molecule has 3 aromatic carbocycles. The van der Waals surface area contributed by atoms with Crippen molar-refractivity contribution in [3.05, 3.63) is 103 Å². The van der Waals surface area contributed by atoms with Crippen LogP contribution in [-0.2, 0) is 19.1 Å². The lowest BCUT2D eigenvalue weighted by Gasteiger charge is -2.36. The first-order chi connectivity index (χ1) is 32.9. The summed E-state index contributed by atoms with van der Waals surface area (Å²) in [7, 11) is 0. The molecule has 2 fully saturated rings. The number of alkyl halides is 3. The van der Waals surface area contributed by atoms with Crippen LogP contribution in [0.15, 0.2) is 85.3 Å². The van der Waals surface area contributed by atoms with Gasteiger partial charge < -0.3 is 40.7 Å². The number of carbonyl (C=O) groups is 5. The van der Waals surface area contributed by atoms with Crippen LogP contribution in [0, 0.1) is 5.92 Å². The van der Waals surface area contributed by atoms with Gasteiger partial charge in [-0.1, -0.05) is 62.4 Å². The number of rotatable bonds is 11. The summed E-state index contributed by atoms with van der Waals surface area (Å²) in [5, 5.41) is 17.6. The second-order valence-electron chi connectivity index (χ2n) is 17.1. The van der Waals surface area contributed by atoms with E-state index < -0.39 is 29.7 Å². The molecular formula is C47H47F3N12O7. The summed E-state index contributed by atoms with van der Waals surface area (Å²) >= 11 is 0. The number of hydrogen-bond donors (Lipinski definition) is 6. The molecule has 0 aliphatic carbocycles. The summed E-state index contributed by atoms with van der Waals surface area (Å²) in [5.41, 5.74) is 11.4. The first-order valence-electron chi connectivity index (χ1n) is 22.0. The lowest BCUT2D eigenvalue weighted by Crippen LogP contribution is -2.53. The molecule has 2 aliphatic rings. The second-order valence-corrected chi connectivity index (χ2v) is 17.1. The number of ether oxygens (including phenoxy) is 1. The van der Waals surface area contributed by atoms with E-state index in [4.69, 9.17) is 30.3 Å². The Morgan fingerprint density at radius 1 is 0.826 bits per heavy atom. The highest BCUT2D eigenvalue weighted by Crippen LogP contribution is 2.37. The van der Waals surface area contributed by atoms with Crippen LogP contribution >= 0.6 is 0 Å². The van der Waals surface area contributed by atoms with Crippen molar-refractivity contribution >= 4 is 51.7 Å². The molecule has 6 heterocycles. The number of hydrogen-bond acceptors (Lipinski definition) is 11. The number of nitrogens with two attached hydrogens (primary N) is 1. The molecule has 358 valence electrons. The summed E-state index contributed by atoms with van der Waals surface area (Å²) in [6.07, 6.45) is 2.31. The van der Waals surface area contributed by atoms with Crippen molar-refractivity contribution in [2.45, 2.75) is 70.3 Å². The van der Waals surface area contributed by atoms with Crippen LogP contribution in [0.2, 0.25) is 0 Å². The average molecular weight is 949 g/mol. The van der Waals surface area contributed by atoms with E-state index >= 15 is 0 Å². The summed E-state index contributed by atoms with van der Waals surface area (Å²) < 4.78 is 37.1. The van der Waals surface area contributed by atoms with Crippen molar-refractivity contribution in [3.63, 3.8) is 0 Å². The number of aliphatic carboxylic acids is 1. The van der Waals surface area contributed by atoms with Crippen molar-refractivity contribution in [2.24, 2.45) is 11.7 Å². The van der Waals surface area contributed by atoms with Gasteiger partial charge in [-0.2, -0.15) is 18.3 Å². The zero-order valence-electron chi connectivity index (χ0n) is 37.5. The first-order valence-corrected chi connectivity index (χ1v) is 22.0. The maximum absolute atomic E-state index is 13.7. The average Bonchev–Trinajstić information content (AvgIpc) is 4.19. The number of nitrogens with zero attached hydrogens (tertiary/aromatic N) is 7. The molecule has 9 rings (SSSR count). The van der Waals surface area contributed by atoms with Crippen molar-refractivity contribution in [3.8, 4) is 33.8 Å². The Kier molecular flexibility index (Phi) is 13.2. The van der Waals surface area contributed by atoms with Crippen molar-refractivity contribution in [1.29, 1.82) is 0 Å². The molecular weight excluding hydrogens is 902 g/mol. The molecule has 2 aliphatic heterocycles. The van der Waals surface area contributed by atoms with E-state index in [2.05, 4.69) is 35.5 Å². The lowest BCUT2D eigenvalue weighted by atomic mass is 9.90. The van der Waals surface area contributed by atoms with Crippen LogP contribution in [0.1, 0.15) is 80.7 Å². The van der Waals surface area contributed by atoms with E-state index in [0.717, 1.165) is 76.0 Å². The molecule has 2 unspecified atom stereocenters. The number of likely N-dealkylation sites (tertiary alicyclic amines) is 2. The number of nitrogens with one attached hydrogen (secondary N) is 4. The fourth-order valence-corrected chi connectivity index (χ4v) is 8.47. The highest BCUT2D eigenvalue weighted by atomic mass is 19.4. The smallest absolute Gasteiger partial charge is 0.475 e. The largest absolute Gasteiger partial charge is 0.490 e. The van der Waals surface area contributed by atoms with Crippen LogP contribution in [0.3, 0.4) is 0 Å². The third kappa shape index (κ3) is 9.95. The summed E-state index contributed by atoms with van der Waals surface area (Å²) in [4.78, 5) is 89.8. The molecule has 3 atom stereocenters. The van der Waals surface area contributed by atoms with Crippen molar-refractivity contribution in [2.75, 3.05) is 19.6 Å². The molecule has 0 radical (unpaired) electrons. The molecule has 7 N–H and O–H groups in total. The van der Waals surface area contributed by atoms with E-state index in [1.807, 2.05) is 80.6 Å². The molecule has 0 spiro atoms. The van der Waals surface area contributed by atoms with Gasteiger partial charge >= 0.3 is 18.2 Å². The van der Waals surface area contributed by atoms with E-state index in [0.29, 0.717) is 30.1 Å². The Balaban J connectivity index is 0.000000853. The van der Waals surface area contributed by atoms with Gasteiger partial charge in [-0.3, -0.25) is 24.5 Å². The predicted octanol–water partition coefficient (Wildman–Crippen LogP) is 6.85. The van der Waals surface area contributed by atoms with Crippen molar-refractivity contribution < 1.29 is 47.0 Å². The fraction of sp³-hybridized carbons (Fsp3) is 0.319. The molecule has 2 saturated heterocycles. The van der Waals surface area contributed by atoms with Gasteiger partial charge in [0.1, 0.15) is 11.6 Å². The van der Waals surface area contributed by atoms with Crippen LogP contribution < -0.4 is 11.1 Å². The SMILES string of the molecule is CC(C)[C@](C)(OC(N)=O)C(=O)N1CCCC1c1ncc(-c2ccc(-c3cnc4cc(-c5cnc(C6CCCN6C(=O)CNC(=O)c6n[nH]c7ccccc67)[nH]5)ccc4n3)cc2)[nH]1.O=C(O)C(F)(F)F. The number of imidazole rings is 2. The summed E-state index contributed by atoms with van der Waals surface area (Å²) in [6, 6.07) is 20.6. The Bertz CT molecular complexity index is 3060. The number of carboxylic acids is 1. The van der Waals surface area contributed by atoms with E-state index in [-0.39, 0.29) is 42.1 Å². The number of carbonyl (C=O) groups excluding carboxylic acids is 4. The van der Waals surface area contributed by atoms with Crippen LogP contribution in [0.4, 0.5) is 18.0 Å². The Morgan fingerprint density at radius 3 is 2.06 bits per heavy atom. The molecule has 22 heteroatoms. The summed E-state index contributed by atoms with van der Waals surface area (Å²) in [6.45, 7) is 6.21. The number of H-pyrrole nitrogens is 3. The highest BCUT2D eigenvalue weighted by molar-refractivity contribution is 6.05. The van der Waals surface area contributed by atoms with E-state index in [1.54, 1.807) is 35.3 Å². The lowest BCUT2D eigenvalue weighted by molar-refractivity contribution is -0.192. The molecule has 4 aromatic heterocycles. The minimum absolute atomic E-state index is 0.147. The first kappa shape index (κ1) is 47.3. The van der Waals surface area contributed by atoms with Gasteiger partial charge in [-0.25, -0.2) is 24.5 Å². The van der Waals surface area contributed by atoms with Crippen molar-refractivity contribution in [1.82, 2.24) is 55.2 Å². The van der Waals surface area contributed by atoms with Gasteiger partial charge in [0.2, 0.25) is 5.91 Å². The fourth-order valence-electron chi connectivity index (χ4n) is 8.47. The minimum atomic E-state index is -5.08. The third-order valence-corrected chi connectivity index (χ3v) is 12.4. The van der Waals surface area contributed by atoms with Gasteiger partial charge in [0.25, 0.3) is 11.8 Å². The van der Waals surface area contributed by atoms with Gasteiger partial charge in [-0.05, 0) is 56.4 Å². The van der Waals surface area contributed by atoms with Crippen LogP contribution in [0.25, 0.3) is 55.7 Å². The van der Waals surface area contributed by atoms with Gasteiger partial charge in [0.15, 0.2) is 11.3 Å². The number of halogens is 3. The van der Waals surface area contributed by atoms with Gasteiger partial charge in [0.05, 0.1) is 70.9 Å². The number of primary amides is 1. The Labute approximate surface area is 391 Å². The molecule has 4 amide bonds. The highest BCUT2D eigenvalue weighted by Gasteiger charge is 2.47. The topological polar surface area (TPSA) is 271 Å². The summed E-state index contributed by atoms with van der Waals surface area (Å²) in [5.74, 6) is -2.58. The number of carboxylic acid groups (broad SMARTS) is 1. The zero-order valence-corrected chi connectivity index (χ0v) is 37.5. The third-order valence-electron chi connectivity index (χ3n) is 12.4. The number of amides is 4. The van der Waals surface area contributed by atoms with Gasteiger partial charge in [-0.15, -0.1) is 0 Å². The number of para-hydroxylation sites is 1. The number of fused-ring (bicyclic) bond motifs is 2. The molecule has 0 saturated carbocycles. The Hall–Kier alpha value is -8.17. The molecule has 19 nitrogen and oxygen atoms in total. The maximum Gasteiger partial charge on any atom is 0.490 e. The predicted molar refractivity (Wildman–Crippen MR) is 244 cm³/mol. The standard InChI is InChI=1S/C45H46N12O5.C2HF3O2/c1-25(2)45(3,62-44(46)61)43(60)57-19-7-11-37(57)41-48-22-34(52-41)27-14-12-26(13-15-27)33-21-47-32-20-28(16-17-31(32)51-33)35-23-49-40(53-35)36-10-6-18-56(36)38(58)24-50-42(59)39-29-8-4-5-9-30(29)54-55-39;3-2(4,5)1(6)7/h4-5,8-9,12-17,20-23,25,36-37H,6-7,10-11,18-19,24H2,1-3H3,(H2,46,61)(H,48,52)(H,49,53)(H,50,59)(H,54,55);(H,6,7)/t36?,37?,45-;/m0./s1. The molecule has 69 heavy (non-hydrogen) atoms. The zero-order chi connectivity index (χ0) is 49.2. The van der Waals surface area contributed by atoms with Crippen LogP contribution in [-0.4, -0.2) is 116 Å². The monoisotopic (exact) mass is 948 g/mol. The minimum Gasteiger partial charge on any atom is -0.475 e. The van der Waals surface area contributed by atoms with Crippen LogP contribution in [0.5, 0.6) is 0 Å². The number of benzene rings is 3. The number of aromatic nitrogens is 8. The number of aromatic amines is 3. The quantitative estimate of drug-likeness (QED) is 0.0777. The van der Waals surface area contributed by atoms with E-state index in [9.17, 15) is 32.3 Å². The van der Waals surface area contributed by atoms with Gasteiger partial charge in [0, 0.05) is 35.5 Å². The second kappa shape index (κ2) is 19.2.